The highest BCUT2D eigenvalue weighted by Crippen LogP contribution is 2.26. The molecular weight excluding hydrogens is 274 g/mol. The van der Waals surface area contributed by atoms with E-state index in [9.17, 15) is 4.79 Å². The predicted molar refractivity (Wildman–Crippen MR) is 88.0 cm³/mol. The van der Waals surface area contributed by atoms with Gasteiger partial charge in [0, 0.05) is 31.5 Å². The minimum Gasteiger partial charge on any atom is -0.367 e. The van der Waals surface area contributed by atoms with Gasteiger partial charge in [0.15, 0.2) is 0 Å². The molecular formula is C18H21N3O. The molecule has 3 rings (SSSR count). The second-order valence-electron chi connectivity index (χ2n) is 6.24. The molecule has 1 aromatic heterocycles. The maximum atomic E-state index is 12.7. The minimum absolute atomic E-state index is 0.0123. The molecule has 1 aromatic carbocycles. The number of anilines is 1. The zero-order valence-electron chi connectivity index (χ0n) is 13.1. The molecule has 114 valence electrons. The van der Waals surface area contributed by atoms with Crippen LogP contribution in [-0.2, 0) is 0 Å². The predicted octanol–water partition coefficient (Wildman–Crippen LogP) is 2.82. The molecule has 0 spiro atoms. The Morgan fingerprint density at radius 2 is 1.77 bits per heavy atom. The third kappa shape index (κ3) is 2.82. The Bertz CT molecular complexity index is 640. The number of rotatable bonds is 2. The Hall–Kier alpha value is -2.36. The first-order valence-electron chi connectivity index (χ1n) is 7.61. The molecule has 0 aliphatic carbocycles. The Balaban J connectivity index is 1.78. The van der Waals surface area contributed by atoms with Crippen LogP contribution in [0.1, 0.15) is 24.3 Å². The maximum Gasteiger partial charge on any atom is 0.273 e. The Morgan fingerprint density at radius 1 is 1.05 bits per heavy atom. The summed E-state index contributed by atoms with van der Waals surface area (Å²) >= 11 is 0. The number of carbonyl (C=O) groups excluding carboxylic acids is 1. The second kappa shape index (κ2) is 5.79. The summed E-state index contributed by atoms with van der Waals surface area (Å²) < 4.78 is 0. The topological polar surface area (TPSA) is 36.4 Å². The van der Waals surface area contributed by atoms with Crippen LogP contribution in [-0.4, -0.2) is 41.0 Å². The Labute approximate surface area is 131 Å². The van der Waals surface area contributed by atoms with Crippen molar-refractivity contribution < 1.29 is 4.79 Å². The molecule has 1 saturated heterocycles. The molecule has 1 aliphatic rings. The summed E-state index contributed by atoms with van der Waals surface area (Å²) in [6.45, 7) is 6.59. The van der Waals surface area contributed by atoms with E-state index in [1.165, 1.54) is 5.69 Å². The summed E-state index contributed by atoms with van der Waals surface area (Å²) in [4.78, 5) is 21.2. The van der Waals surface area contributed by atoms with Gasteiger partial charge in [-0.2, -0.15) is 0 Å². The zero-order valence-corrected chi connectivity index (χ0v) is 13.1. The SMILES string of the molecule is CC1(C)CN(c2ccccc2)CCN1C(=O)c1ccccn1. The number of hydrogen-bond acceptors (Lipinski definition) is 3. The van der Waals surface area contributed by atoms with Gasteiger partial charge in [-0.1, -0.05) is 24.3 Å². The van der Waals surface area contributed by atoms with Gasteiger partial charge in [0.2, 0.25) is 0 Å². The van der Waals surface area contributed by atoms with Gasteiger partial charge in [0.25, 0.3) is 5.91 Å². The highest BCUT2D eigenvalue weighted by Gasteiger charge is 2.37. The monoisotopic (exact) mass is 295 g/mol. The van der Waals surface area contributed by atoms with Gasteiger partial charge in [-0.3, -0.25) is 9.78 Å². The normalized spacial score (nSPS) is 17.4. The third-order valence-corrected chi connectivity index (χ3v) is 4.15. The average Bonchev–Trinajstić information content (AvgIpc) is 2.55. The fourth-order valence-corrected chi connectivity index (χ4v) is 3.02. The van der Waals surface area contributed by atoms with Gasteiger partial charge in [0.05, 0.1) is 5.54 Å². The number of pyridine rings is 1. The molecule has 0 atom stereocenters. The fraction of sp³-hybridized carbons (Fsp3) is 0.333. The number of para-hydroxylation sites is 1. The van der Waals surface area contributed by atoms with Gasteiger partial charge in [-0.15, -0.1) is 0 Å². The number of amides is 1. The van der Waals surface area contributed by atoms with Crippen LogP contribution in [0.2, 0.25) is 0 Å². The van der Waals surface area contributed by atoms with Crippen LogP contribution in [0, 0.1) is 0 Å². The molecule has 4 heteroatoms. The molecule has 0 radical (unpaired) electrons. The first kappa shape index (κ1) is 14.6. The van der Waals surface area contributed by atoms with Crippen molar-refractivity contribution >= 4 is 11.6 Å². The lowest BCUT2D eigenvalue weighted by Gasteiger charge is -2.47. The summed E-state index contributed by atoms with van der Waals surface area (Å²) in [7, 11) is 0. The highest BCUT2D eigenvalue weighted by atomic mass is 16.2. The Morgan fingerprint density at radius 3 is 2.41 bits per heavy atom. The number of piperazine rings is 1. The van der Waals surface area contributed by atoms with Crippen molar-refractivity contribution in [3.63, 3.8) is 0 Å². The smallest absolute Gasteiger partial charge is 0.273 e. The molecule has 0 N–H and O–H groups in total. The second-order valence-corrected chi connectivity index (χ2v) is 6.24. The van der Waals surface area contributed by atoms with Crippen LogP contribution in [0.15, 0.2) is 54.7 Å². The molecule has 2 heterocycles. The van der Waals surface area contributed by atoms with Gasteiger partial charge < -0.3 is 9.80 Å². The molecule has 1 aliphatic heterocycles. The fourth-order valence-electron chi connectivity index (χ4n) is 3.02. The van der Waals surface area contributed by atoms with Crippen LogP contribution < -0.4 is 4.90 Å². The molecule has 0 saturated carbocycles. The van der Waals surface area contributed by atoms with Crippen molar-refractivity contribution in [3.05, 3.63) is 60.4 Å². The van der Waals surface area contributed by atoms with Crippen LogP contribution >= 0.6 is 0 Å². The number of aromatic nitrogens is 1. The van der Waals surface area contributed by atoms with E-state index in [2.05, 4.69) is 35.9 Å². The lowest BCUT2D eigenvalue weighted by atomic mass is 9.97. The zero-order chi connectivity index (χ0) is 15.6. The summed E-state index contributed by atoms with van der Waals surface area (Å²) in [6.07, 6.45) is 1.67. The van der Waals surface area contributed by atoms with Crippen LogP contribution in [0.3, 0.4) is 0 Å². The van der Waals surface area contributed by atoms with Gasteiger partial charge in [-0.05, 0) is 38.1 Å². The van der Waals surface area contributed by atoms with Crippen LogP contribution in [0.4, 0.5) is 5.69 Å². The van der Waals surface area contributed by atoms with E-state index >= 15 is 0 Å². The molecule has 0 bridgehead atoms. The van der Waals surface area contributed by atoms with Crippen molar-refractivity contribution in [3.8, 4) is 0 Å². The summed E-state index contributed by atoms with van der Waals surface area (Å²) in [5.41, 5.74) is 1.49. The number of carbonyl (C=O) groups is 1. The van der Waals surface area contributed by atoms with Crippen molar-refractivity contribution in [2.75, 3.05) is 24.5 Å². The van der Waals surface area contributed by atoms with Gasteiger partial charge in [-0.25, -0.2) is 0 Å². The molecule has 1 amide bonds. The largest absolute Gasteiger partial charge is 0.367 e. The van der Waals surface area contributed by atoms with E-state index < -0.39 is 0 Å². The van der Waals surface area contributed by atoms with E-state index in [4.69, 9.17) is 0 Å². The highest BCUT2D eigenvalue weighted by molar-refractivity contribution is 5.93. The minimum atomic E-state index is -0.233. The van der Waals surface area contributed by atoms with Crippen molar-refractivity contribution in [1.82, 2.24) is 9.88 Å². The molecule has 0 unspecified atom stereocenters. The third-order valence-electron chi connectivity index (χ3n) is 4.15. The van der Waals surface area contributed by atoms with E-state index in [1.54, 1.807) is 12.3 Å². The number of benzene rings is 1. The quantitative estimate of drug-likeness (QED) is 0.855. The number of hydrogen-bond donors (Lipinski definition) is 0. The molecule has 2 aromatic rings. The lowest BCUT2D eigenvalue weighted by Crippen LogP contribution is -2.61. The van der Waals surface area contributed by atoms with E-state index in [-0.39, 0.29) is 11.4 Å². The molecule has 4 nitrogen and oxygen atoms in total. The average molecular weight is 295 g/mol. The van der Waals surface area contributed by atoms with Gasteiger partial charge >= 0.3 is 0 Å². The van der Waals surface area contributed by atoms with E-state index in [0.29, 0.717) is 12.2 Å². The summed E-state index contributed by atoms with van der Waals surface area (Å²) in [6, 6.07) is 15.8. The van der Waals surface area contributed by atoms with Gasteiger partial charge in [0.1, 0.15) is 5.69 Å². The summed E-state index contributed by atoms with van der Waals surface area (Å²) in [5, 5.41) is 0. The lowest BCUT2D eigenvalue weighted by molar-refractivity contribution is 0.0508. The van der Waals surface area contributed by atoms with Crippen molar-refractivity contribution in [1.29, 1.82) is 0 Å². The molecule has 1 fully saturated rings. The number of nitrogens with zero attached hydrogens (tertiary/aromatic N) is 3. The molecule has 22 heavy (non-hydrogen) atoms. The van der Waals surface area contributed by atoms with Crippen LogP contribution in [0.25, 0.3) is 0 Å². The summed E-state index contributed by atoms with van der Waals surface area (Å²) in [5.74, 6) is 0.0123. The standard InChI is InChI=1S/C18H21N3O/c1-18(2)14-20(15-8-4-3-5-9-15)12-13-21(18)17(22)16-10-6-7-11-19-16/h3-11H,12-14H2,1-2H3. The first-order chi connectivity index (χ1) is 10.6. The van der Waals surface area contributed by atoms with E-state index in [1.807, 2.05) is 35.2 Å². The van der Waals surface area contributed by atoms with Crippen LogP contribution in [0.5, 0.6) is 0 Å². The first-order valence-corrected chi connectivity index (χ1v) is 7.61. The van der Waals surface area contributed by atoms with Crippen molar-refractivity contribution in [2.24, 2.45) is 0 Å². The maximum absolute atomic E-state index is 12.7. The van der Waals surface area contributed by atoms with Crippen molar-refractivity contribution in [2.45, 2.75) is 19.4 Å². The Kier molecular flexibility index (Phi) is 3.84. The van der Waals surface area contributed by atoms with E-state index in [0.717, 1.165) is 13.1 Å².